The Hall–Kier alpha value is -2.62. The summed E-state index contributed by atoms with van der Waals surface area (Å²) in [7, 11) is 0. The number of carbonyl (C=O) groups excluding carboxylic acids is 1. The summed E-state index contributed by atoms with van der Waals surface area (Å²) in [5.41, 5.74) is 2.17. The van der Waals surface area contributed by atoms with Crippen molar-refractivity contribution in [2.24, 2.45) is 0 Å². The third-order valence-electron chi connectivity index (χ3n) is 2.82. The van der Waals surface area contributed by atoms with Gasteiger partial charge in [-0.2, -0.15) is 0 Å². The van der Waals surface area contributed by atoms with Crippen LogP contribution in [0.25, 0.3) is 0 Å². The molecule has 0 aliphatic rings. The number of benzene rings is 2. The van der Waals surface area contributed by atoms with Crippen molar-refractivity contribution >= 4 is 11.9 Å². The Balaban J connectivity index is 0.000000322. The second-order valence-electron chi connectivity index (χ2n) is 5.30. The fraction of sp³-hybridized carbons (Fsp3) is 0.263. The van der Waals surface area contributed by atoms with Crippen molar-refractivity contribution in [3.05, 3.63) is 71.8 Å². The van der Waals surface area contributed by atoms with Gasteiger partial charge in [-0.3, -0.25) is 4.79 Å². The average molecular weight is 314 g/mol. The average Bonchev–Trinajstić information content (AvgIpc) is 2.48. The first kappa shape index (κ1) is 18.4. The van der Waals surface area contributed by atoms with E-state index in [9.17, 15) is 9.59 Å². The smallest absolute Gasteiger partial charge is 0.450 e. The molecule has 0 heterocycles. The first-order valence-electron chi connectivity index (χ1n) is 7.46. The maximum atomic E-state index is 11.8. The number of hydrogen-bond acceptors (Lipinski definition) is 3. The fourth-order valence-electron chi connectivity index (χ4n) is 1.91. The van der Waals surface area contributed by atoms with E-state index in [1.165, 1.54) is 0 Å². The van der Waals surface area contributed by atoms with Crippen LogP contribution in [0.4, 0.5) is 4.79 Å². The van der Waals surface area contributed by atoms with E-state index in [4.69, 9.17) is 5.11 Å². The highest BCUT2D eigenvalue weighted by Crippen LogP contribution is 2.05. The normalized spacial score (nSPS) is 9.70. The summed E-state index contributed by atoms with van der Waals surface area (Å²) in [6.07, 6.45) is -0.390. The lowest BCUT2D eigenvalue weighted by Gasteiger charge is -2.01. The van der Waals surface area contributed by atoms with Crippen molar-refractivity contribution in [1.29, 1.82) is 0 Å². The number of ether oxygens (including phenoxy) is 1. The molecule has 0 saturated carbocycles. The summed E-state index contributed by atoms with van der Waals surface area (Å²) in [5.74, 6) is 0.261. The van der Waals surface area contributed by atoms with Gasteiger partial charge in [-0.05, 0) is 25.0 Å². The van der Waals surface area contributed by atoms with Crippen molar-refractivity contribution in [3.63, 3.8) is 0 Å². The van der Waals surface area contributed by atoms with Crippen LogP contribution >= 0.6 is 0 Å². The van der Waals surface area contributed by atoms with Gasteiger partial charge in [-0.1, -0.05) is 60.7 Å². The summed E-state index contributed by atoms with van der Waals surface area (Å²) in [5, 5.41) is 7.86. The Kier molecular flexibility index (Phi) is 8.14. The molecule has 0 spiro atoms. The quantitative estimate of drug-likeness (QED) is 0.843. The van der Waals surface area contributed by atoms with Crippen LogP contribution in [0.1, 0.15) is 25.0 Å². The molecule has 0 aromatic heterocycles. The van der Waals surface area contributed by atoms with Gasteiger partial charge in [-0.25, -0.2) is 4.79 Å². The molecule has 0 saturated heterocycles. The van der Waals surface area contributed by atoms with E-state index >= 15 is 0 Å². The largest absolute Gasteiger partial charge is 0.506 e. The Morgan fingerprint density at radius 3 is 1.52 bits per heavy atom. The highest BCUT2D eigenvalue weighted by Gasteiger charge is 2.04. The number of carboxylic acid groups (broad SMARTS) is 1. The molecule has 0 aliphatic heterocycles. The highest BCUT2D eigenvalue weighted by atomic mass is 16.7. The molecule has 2 rings (SSSR count). The lowest BCUT2D eigenvalue weighted by atomic mass is 10.0. The number of rotatable bonds is 5. The maximum Gasteiger partial charge on any atom is 0.506 e. The van der Waals surface area contributed by atoms with Crippen LogP contribution in [-0.4, -0.2) is 23.1 Å². The molecule has 23 heavy (non-hydrogen) atoms. The Labute approximate surface area is 136 Å². The number of Topliss-reactive ketones (excluding diaryl/α,β-unsaturated/α-hetero) is 1. The Bertz CT molecular complexity index is 548. The van der Waals surface area contributed by atoms with Gasteiger partial charge in [0.15, 0.2) is 0 Å². The summed E-state index contributed by atoms with van der Waals surface area (Å²) in [4.78, 5) is 21.4. The van der Waals surface area contributed by atoms with Gasteiger partial charge < -0.3 is 9.84 Å². The van der Waals surface area contributed by atoms with Gasteiger partial charge in [0.25, 0.3) is 0 Å². The van der Waals surface area contributed by atoms with Crippen LogP contribution in [0.15, 0.2) is 60.7 Å². The second-order valence-corrected chi connectivity index (χ2v) is 5.30. The van der Waals surface area contributed by atoms with Crippen molar-refractivity contribution in [2.45, 2.75) is 32.8 Å². The topological polar surface area (TPSA) is 63.6 Å². The fourth-order valence-corrected chi connectivity index (χ4v) is 1.91. The minimum absolute atomic E-state index is 0.225. The zero-order chi connectivity index (χ0) is 17.1. The van der Waals surface area contributed by atoms with E-state index < -0.39 is 6.16 Å². The number of ketones is 1. The molecule has 122 valence electrons. The molecule has 0 atom stereocenters. The summed E-state index contributed by atoms with van der Waals surface area (Å²) in [6.45, 7) is 3.32. The van der Waals surface area contributed by atoms with Crippen molar-refractivity contribution < 1.29 is 19.4 Å². The van der Waals surface area contributed by atoms with E-state index in [1.54, 1.807) is 13.8 Å². The lowest BCUT2D eigenvalue weighted by Crippen LogP contribution is -2.07. The molecule has 0 unspecified atom stereocenters. The summed E-state index contributed by atoms with van der Waals surface area (Å²) >= 11 is 0. The molecule has 0 radical (unpaired) electrons. The highest BCUT2D eigenvalue weighted by molar-refractivity contribution is 5.83. The van der Waals surface area contributed by atoms with Crippen molar-refractivity contribution in [1.82, 2.24) is 0 Å². The molecule has 0 amide bonds. The van der Waals surface area contributed by atoms with Crippen molar-refractivity contribution in [3.8, 4) is 0 Å². The predicted molar refractivity (Wildman–Crippen MR) is 89.5 cm³/mol. The van der Waals surface area contributed by atoms with Gasteiger partial charge in [0.2, 0.25) is 0 Å². The van der Waals surface area contributed by atoms with Gasteiger partial charge in [0.05, 0.1) is 6.10 Å². The minimum Gasteiger partial charge on any atom is -0.450 e. The van der Waals surface area contributed by atoms with E-state index in [-0.39, 0.29) is 11.9 Å². The van der Waals surface area contributed by atoms with Crippen LogP contribution in [0.3, 0.4) is 0 Å². The van der Waals surface area contributed by atoms with Crippen LogP contribution in [0, 0.1) is 0 Å². The summed E-state index contributed by atoms with van der Waals surface area (Å²) in [6, 6.07) is 19.7. The molecule has 0 aliphatic carbocycles. The monoisotopic (exact) mass is 314 g/mol. The van der Waals surface area contributed by atoms with E-state index in [0.717, 1.165) is 11.1 Å². The predicted octanol–water partition coefficient (Wildman–Crippen LogP) is 4.13. The standard InChI is InChI=1S/C15H14O.C4H8O3/c16-15(11-13-7-3-1-4-8-13)12-14-9-5-2-6-10-14;1-3(2)7-4(5)6/h1-10H,11-12H2;3H,1-2H3,(H,5,6). The minimum atomic E-state index is -1.21. The third-order valence-corrected chi connectivity index (χ3v) is 2.82. The number of hydrogen-bond donors (Lipinski definition) is 1. The van der Waals surface area contributed by atoms with Crippen LogP contribution in [-0.2, 0) is 22.4 Å². The summed E-state index contributed by atoms with van der Waals surface area (Å²) < 4.78 is 4.17. The third kappa shape index (κ3) is 9.09. The molecule has 0 fully saturated rings. The molecule has 1 N–H and O–H groups in total. The molecule has 2 aromatic carbocycles. The molecule has 2 aromatic rings. The molecular weight excluding hydrogens is 292 g/mol. The molecular formula is C19H22O4. The zero-order valence-corrected chi connectivity index (χ0v) is 13.4. The molecule has 0 bridgehead atoms. The molecule has 4 heteroatoms. The Morgan fingerprint density at radius 1 is 0.870 bits per heavy atom. The van der Waals surface area contributed by atoms with Crippen molar-refractivity contribution in [2.75, 3.05) is 0 Å². The zero-order valence-electron chi connectivity index (χ0n) is 13.4. The van der Waals surface area contributed by atoms with E-state index in [2.05, 4.69) is 4.74 Å². The number of carbonyl (C=O) groups is 2. The van der Waals surface area contributed by atoms with Crippen LogP contribution in [0.5, 0.6) is 0 Å². The second kappa shape index (κ2) is 10.2. The first-order valence-corrected chi connectivity index (χ1v) is 7.46. The van der Waals surface area contributed by atoms with Gasteiger partial charge in [0, 0.05) is 12.8 Å². The Morgan fingerprint density at radius 2 is 1.26 bits per heavy atom. The van der Waals surface area contributed by atoms with E-state index in [0.29, 0.717) is 12.8 Å². The first-order chi connectivity index (χ1) is 11.0. The van der Waals surface area contributed by atoms with Gasteiger partial charge in [-0.15, -0.1) is 0 Å². The van der Waals surface area contributed by atoms with Gasteiger partial charge in [0.1, 0.15) is 5.78 Å². The van der Waals surface area contributed by atoms with Crippen LogP contribution < -0.4 is 0 Å². The van der Waals surface area contributed by atoms with E-state index in [1.807, 2.05) is 60.7 Å². The molecule has 4 nitrogen and oxygen atoms in total. The maximum absolute atomic E-state index is 11.8. The lowest BCUT2D eigenvalue weighted by molar-refractivity contribution is -0.117. The van der Waals surface area contributed by atoms with Crippen LogP contribution in [0.2, 0.25) is 0 Å². The van der Waals surface area contributed by atoms with Gasteiger partial charge >= 0.3 is 6.16 Å². The SMILES string of the molecule is CC(C)OC(=O)O.O=C(Cc1ccccc1)Cc1ccccc1.